The number of hydrogen-bond acceptors (Lipinski definition) is 5. The van der Waals surface area contributed by atoms with E-state index in [4.69, 9.17) is 0 Å². The summed E-state index contributed by atoms with van der Waals surface area (Å²) in [6, 6.07) is 9.79. The summed E-state index contributed by atoms with van der Waals surface area (Å²) in [7, 11) is 0. The number of Topliss-reactive ketones (excluding diaryl/α,β-unsaturated/α-hetero) is 1. The maximum Gasteiger partial charge on any atom is 0.245 e. The summed E-state index contributed by atoms with van der Waals surface area (Å²) >= 11 is 0. The summed E-state index contributed by atoms with van der Waals surface area (Å²) in [5, 5.41) is 23.2. The number of allylic oxidation sites excluding steroid dienone is 5. The lowest BCUT2D eigenvalue weighted by molar-refractivity contribution is -0.163. The molecular formula is C40H46FN3O3. The predicted molar refractivity (Wildman–Crippen MR) is 177 cm³/mol. The molecule has 3 saturated carbocycles. The van der Waals surface area contributed by atoms with Gasteiger partial charge in [-0.15, -0.1) is 0 Å². The van der Waals surface area contributed by atoms with Gasteiger partial charge in [0.25, 0.3) is 0 Å². The van der Waals surface area contributed by atoms with Crippen molar-refractivity contribution >= 4 is 23.0 Å². The molecule has 3 fully saturated rings. The number of amides is 1. The van der Waals surface area contributed by atoms with Crippen LogP contribution in [0.25, 0.3) is 5.57 Å². The van der Waals surface area contributed by atoms with Crippen molar-refractivity contribution in [3.63, 3.8) is 0 Å². The van der Waals surface area contributed by atoms with Crippen molar-refractivity contribution in [3.8, 4) is 12.1 Å². The molecule has 0 radical (unpaired) electrons. The fraction of sp³-hybridized carbons (Fsp3) is 0.575. The van der Waals surface area contributed by atoms with Gasteiger partial charge in [-0.2, -0.15) is 10.5 Å². The Morgan fingerprint density at radius 1 is 0.957 bits per heavy atom. The number of rotatable bonds is 3. The van der Waals surface area contributed by atoms with Crippen molar-refractivity contribution < 1.29 is 18.8 Å². The van der Waals surface area contributed by atoms with Gasteiger partial charge in [0.05, 0.1) is 17.2 Å². The van der Waals surface area contributed by atoms with Gasteiger partial charge >= 0.3 is 0 Å². The first kappa shape index (κ1) is 33.1. The molecule has 1 aromatic carbocycles. The summed E-state index contributed by atoms with van der Waals surface area (Å²) in [4.78, 5) is 41.8. The highest BCUT2D eigenvalue weighted by atomic mass is 19.1. The minimum atomic E-state index is -0.722. The zero-order valence-corrected chi connectivity index (χ0v) is 28.7. The molecule has 0 saturated heterocycles. The van der Waals surface area contributed by atoms with Gasteiger partial charge in [-0.05, 0) is 96.8 Å². The van der Waals surface area contributed by atoms with Gasteiger partial charge in [0.15, 0.2) is 11.6 Å². The van der Waals surface area contributed by atoms with E-state index in [1.54, 1.807) is 0 Å². The van der Waals surface area contributed by atoms with Crippen molar-refractivity contribution in [1.29, 1.82) is 10.5 Å². The number of nitriles is 2. The van der Waals surface area contributed by atoms with Crippen LogP contribution in [0.3, 0.4) is 0 Å². The second-order valence-corrected chi connectivity index (χ2v) is 17.1. The normalized spacial score (nSPS) is 38.6. The SMILES string of the molecule is CC1(C)CC[C@]2(NC(=O)/C=C(\C#N)c3ccc(F)cc3)CC[C@]3(C)[C@H](C(=O)C=C4[C@@]5(C)C=C(C#N)C(=O)C(C)(C)C5CC[C@]43C)[C@@H]2C1. The first-order chi connectivity index (χ1) is 21.9. The number of nitrogens with zero attached hydrogens (tertiary/aromatic N) is 2. The van der Waals surface area contributed by atoms with Crippen molar-refractivity contribution in [1.82, 2.24) is 5.32 Å². The van der Waals surface area contributed by atoms with Crippen molar-refractivity contribution in [2.75, 3.05) is 0 Å². The first-order valence-corrected chi connectivity index (χ1v) is 17.0. The molecule has 246 valence electrons. The van der Waals surface area contributed by atoms with Crippen LogP contribution in [-0.2, 0) is 14.4 Å². The van der Waals surface area contributed by atoms with Gasteiger partial charge in [0.2, 0.25) is 5.91 Å². The van der Waals surface area contributed by atoms with E-state index in [2.05, 4.69) is 52.1 Å². The van der Waals surface area contributed by atoms with E-state index >= 15 is 0 Å². The average Bonchev–Trinajstić information content (AvgIpc) is 3.00. The molecule has 7 atom stereocenters. The van der Waals surface area contributed by atoms with Crippen LogP contribution >= 0.6 is 0 Å². The van der Waals surface area contributed by atoms with Gasteiger partial charge in [-0.1, -0.05) is 72.2 Å². The van der Waals surface area contributed by atoms with Gasteiger partial charge in [0, 0.05) is 28.4 Å². The van der Waals surface area contributed by atoms with Gasteiger partial charge < -0.3 is 5.32 Å². The van der Waals surface area contributed by atoms with E-state index in [1.165, 1.54) is 30.3 Å². The maximum atomic E-state index is 14.7. The zero-order chi connectivity index (χ0) is 34.4. The Morgan fingerprint density at radius 2 is 1.62 bits per heavy atom. The fourth-order valence-corrected chi connectivity index (χ4v) is 11.1. The summed E-state index contributed by atoms with van der Waals surface area (Å²) in [6.07, 6.45) is 10.6. The van der Waals surface area contributed by atoms with Crippen LogP contribution in [0, 0.1) is 73.3 Å². The molecule has 6 nitrogen and oxygen atoms in total. The standard InChI is InChI=1S/C40H46FN3O3/c1-35(2)14-16-40(44-32(46)18-25(22-42)24-8-10-27(41)11-9-24)17-15-39(7)33(28(40)21-35)29(45)19-31-37(5)20-26(23-43)34(47)36(3,4)30(37)12-13-38(31,39)6/h8-11,18-20,28,30,33H,12-17,21H2,1-7H3,(H,44,46)/b25-18+/t28-,30?,33-,37-,38+,39+,40-/m0/s1. The number of hydrogen-bond donors (Lipinski definition) is 1. The molecule has 5 aliphatic rings. The van der Waals surface area contributed by atoms with Crippen LogP contribution in [0.2, 0.25) is 0 Å². The Hall–Kier alpha value is -3.84. The lowest BCUT2D eigenvalue weighted by Gasteiger charge is -2.69. The minimum absolute atomic E-state index is 0.0219. The molecule has 0 spiro atoms. The molecule has 0 bridgehead atoms. The zero-order valence-electron chi connectivity index (χ0n) is 28.7. The molecule has 6 rings (SSSR count). The van der Waals surface area contributed by atoms with Crippen molar-refractivity contribution in [3.05, 3.63) is 65.0 Å². The van der Waals surface area contributed by atoms with Crippen LogP contribution in [0.1, 0.15) is 99.0 Å². The van der Waals surface area contributed by atoms with E-state index in [9.17, 15) is 29.3 Å². The summed E-state index contributed by atoms with van der Waals surface area (Å²) in [6.45, 7) is 15.1. The molecule has 7 heteroatoms. The van der Waals surface area contributed by atoms with Gasteiger partial charge in [-0.3, -0.25) is 14.4 Å². The Labute approximate surface area is 278 Å². The maximum absolute atomic E-state index is 14.7. The van der Waals surface area contributed by atoms with Gasteiger partial charge in [0.1, 0.15) is 11.9 Å². The monoisotopic (exact) mass is 635 g/mol. The summed E-state index contributed by atoms with van der Waals surface area (Å²) in [5.74, 6) is -1.29. The molecule has 1 unspecified atom stereocenters. The highest BCUT2D eigenvalue weighted by molar-refractivity contribution is 6.05. The first-order valence-electron chi connectivity index (χ1n) is 17.0. The van der Waals surface area contributed by atoms with Gasteiger partial charge in [-0.25, -0.2) is 4.39 Å². The van der Waals surface area contributed by atoms with Crippen LogP contribution in [0.5, 0.6) is 0 Å². The topological polar surface area (TPSA) is 111 Å². The molecule has 1 N–H and O–H groups in total. The van der Waals surface area contributed by atoms with E-state index in [1.807, 2.05) is 26.0 Å². The van der Waals surface area contributed by atoms with E-state index < -0.39 is 27.6 Å². The number of carbonyl (C=O) groups excluding carboxylic acids is 3. The highest BCUT2D eigenvalue weighted by Crippen LogP contribution is 2.73. The Bertz CT molecular complexity index is 1750. The predicted octanol–water partition coefficient (Wildman–Crippen LogP) is 7.82. The fourth-order valence-electron chi connectivity index (χ4n) is 11.1. The van der Waals surface area contributed by atoms with Crippen molar-refractivity contribution in [2.24, 2.45) is 44.8 Å². The molecule has 1 amide bonds. The Balaban J connectivity index is 1.42. The minimum Gasteiger partial charge on any atom is -0.347 e. The lowest BCUT2D eigenvalue weighted by Crippen LogP contribution is -2.69. The van der Waals surface area contributed by atoms with E-state index in [-0.39, 0.29) is 57.2 Å². The molecule has 1 aromatic rings. The second kappa shape index (κ2) is 10.6. The van der Waals surface area contributed by atoms with Crippen LogP contribution in [-0.4, -0.2) is 23.0 Å². The molecule has 0 aliphatic heterocycles. The summed E-state index contributed by atoms with van der Waals surface area (Å²) in [5.41, 5.74) is -0.848. The molecule has 0 heterocycles. The Morgan fingerprint density at radius 3 is 2.26 bits per heavy atom. The van der Waals surface area contributed by atoms with Crippen molar-refractivity contribution in [2.45, 2.75) is 99.0 Å². The molecule has 47 heavy (non-hydrogen) atoms. The second-order valence-electron chi connectivity index (χ2n) is 17.1. The summed E-state index contributed by atoms with van der Waals surface area (Å²) < 4.78 is 13.5. The number of benzene rings is 1. The number of fused-ring (bicyclic) bond motifs is 7. The number of nitrogens with one attached hydrogen (secondary N) is 1. The average molecular weight is 636 g/mol. The van der Waals surface area contributed by atoms with Crippen LogP contribution in [0.4, 0.5) is 4.39 Å². The van der Waals surface area contributed by atoms with E-state index in [0.29, 0.717) is 12.0 Å². The quantitative estimate of drug-likeness (QED) is 0.269. The Kier molecular flexibility index (Phi) is 7.45. The molecular weight excluding hydrogens is 589 g/mol. The largest absolute Gasteiger partial charge is 0.347 e. The van der Waals surface area contributed by atoms with E-state index in [0.717, 1.165) is 44.1 Å². The highest BCUT2D eigenvalue weighted by Gasteiger charge is 2.70. The third kappa shape index (κ3) is 4.71. The number of carbonyl (C=O) groups is 3. The molecule has 5 aliphatic carbocycles. The number of halogens is 1. The third-order valence-electron chi connectivity index (χ3n) is 13.8. The lowest BCUT2D eigenvalue weighted by atomic mass is 9.35. The number of ketones is 2. The van der Waals surface area contributed by atoms with Crippen LogP contribution < -0.4 is 5.32 Å². The van der Waals surface area contributed by atoms with Crippen LogP contribution in [0.15, 0.2) is 53.6 Å². The third-order valence-corrected chi connectivity index (χ3v) is 13.8. The smallest absolute Gasteiger partial charge is 0.245 e. The molecule has 0 aromatic heterocycles.